The summed E-state index contributed by atoms with van der Waals surface area (Å²) in [6.07, 6.45) is 0. The highest BCUT2D eigenvalue weighted by Gasteiger charge is 2.31. The molecule has 23 heavy (non-hydrogen) atoms. The smallest absolute Gasteiger partial charge is 0.296 e. The average Bonchev–Trinajstić information content (AvgIpc) is 2.45. The van der Waals surface area contributed by atoms with Gasteiger partial charge in [-0.1, -0.05) is 13.8 Å². The number of nitrogens with one attached hydrogen (secondary N) is 1. The fourth-order valence-corrected chi connectivity index (χ4v) is 3.32. The van der Waals surface area contributed by atoms with Gasteiger partial charge in [-0.25, -0.2) is 13.1 Å². The number of methoxy groups -OCH3 is 1. The van der Waals surface area contributed by atoms with Crippen molar-refractivity contribution in [1.29, 1.82) is 0 Å². The highest BCUT2D eigenvalue weighted by molar-refractivity contribution is 7.89. The first-order valence-electron chi connectivity index (χ1n) is 6.54. The second-order valence-corrected chi connectivity index (χ2v) is 6.78. The summed E-state index contributed by atoms with van der Waals surface area (Å²) in [5, 5.41) is 21.7. The second-order valence-electron chi connectivity index (χ2n) is 5.09. The number of benzene rings is 1. The van der Waals surface area contributed by atoms with Gasteiger partial charge < -0.3 is 4.74 Å². The van der Waals surface area contributed by atoms with Gasteiger partial charge >= 0.3 is 0 Å². The normalized spacial score (nSPS) is 13.0. The molecular weight excluding hydrogens is 330 g/mol. The number of nitro benzene ring substituents is 2. The van der Waals surface area contributed by atoms with Crippen LogP contribution in [0.25, 0.3) is 0 Å². The molecule has 0 amide bonds. The summed E-state index contributed by atoms with van der Waals surface area (Å²) in [5.74, 6) is -0.123. The molecule has 0 saturated carbocycles. The minimum atomic E-state index is -4.24. The zero-order chi connectivity index (χ0) is 17.8. The van der Waals surface area contributed by atoms with Gasteiger partial charge in [0.25, 0.3) is 11.4 Å². The summed E-state index contributed by atoms with van der Waals surface area (Å²) in [5.41, 5.74) is -1.42. The molecule has 0 saturated heterocycles. The molecule has 0 aromatic heterocycles. The Morgan fingerprint density at radius 3 is 2.26 bits per heavy atom. The Labute approximate surface area is 132 Å². The summed E-state index contributed by atoms with van der Waals surface area (Å²) in [6, 6.07) is 1.78. The van der Waals surface area contributed by atoms with E-state index in [1.54, 1.807) is 13.8 Å². The molecule has 0 radical (unpaired) electrons. The Kier molecular flexibility index (Phi) is 6.12. The van der Waals surface area contributed by atoms with Crippen molar-refractivity contribution in [1.82, 2.24) is 4.72 Å². The van der Waals surface area contributed by atoms with Crippen LogP contribution in [0.2, 0.25) is 0 Å². The van der Waals surface area contributed by atoms with E-state index in [9.17, 15) is 28.6 Å². The summed E-state index contributed by atoms with van der Waals surface area (Å²) < 4.78 is 32.0. The number of nitrogens with zero attached hydrogens (tertiary/aromatic N) is 2. The van der Waals surface area contributed by atoms with Gasteiger partial charge in [0, 0.05) is 19.2 Å². The number of non-ortho nitro benzene ring substituents is 1. The van der Waals surface area contributed by atoms with Gasteiger partial charge in [-0.2, -0.15) is 0 Å². The third-order valence-electron chi connectivity index (χ3n) is 3.10. The van der Waals surface area contributed by atoms with Crippen LogP contribution in [-0.4, -0.2) is 38.0 Å². The molecule has 1 aromatic rings. The van der Waals surface area contributed by atoms with Gasteiger partial charge in [0.1, 0.15) is 0 Å². The number of hydrogen-bond donors (Lipinski definition) is 1. The fraction of sp³-hybridized carbons (Fsp3) is 0.500. The van der Waals surface area contributed by atoms with Crippen molar-refractivity contribution in [2.45, 2.75) is 24.8 Å². The lowest BCUT2D eigenvalue weighted by Crippen LogP contribution is -2.41. The van der Waals surface area contributed by atoms with Crippen LogP contribution in [0, 0.1) is 26.1 Å². The minimum Gasteiger partial charge on any atom is -0.383 e. The van der Waals surface area contributed by atoms with Gasteiger partial charge in [0.15, 0.2) is 4.90 Å². The second kappa shape index (κ2) is 7.44. The van der Waals surface area contributed by atoms with E-state index in [1.165, 1.54) is 7.11 Å². The maximum Gasteiger partial charge on any atom is 0.296 e. The molecule has 1 atom stereocenters. The first kappa shape index (κ1) is 18.9. The molecule has 0 bridgehead atoms. The van der Waals surface area contributed by atoms with E-state index >= 15 is 0 Å². The number of rotatable bonds is 8. The van der Waals surface area contributed by atoms with Crippen molar-refractivity contribution in [2.24, 2.45) is 5.92 Å². The van der Waals surface area contributed by atoms with Crippen LogP contribution in [0.4, 0.5) is 11.4 Å². The van der Waals surface area contributed by atoms with Crippen molar-refractivity contribution in [3.05, 3.63) is 38.4 Å². The van der Waals surface area contributed by atoms with Crippen LogP contribution in [0.5, 0.6) is 0 Å². The Morgan fingerprint density at radius 2 is 1.83 bits per heavy atom. The van der Waals surface area contributed by atoms with Crippen molar-refractivity contribution >= 4 is 21.4 Å². The molecule has 0 aliphatic heterocycles. The third kappa shape index (κ3) is 4.68. The number of sulfonamides is 1. The van der Waals surface area contributed by atoms with E-state index in [4.69, 9.17) is 4.74 Å². The van der Waals surface area contributed by atoms with Crippen LogP contribution in [0.15, 0.2) is 23.1 Å². The molecule has 0 fully saturated rings. The van der Waals surface area contributed by atoms with Crippen LogP contribution in [0.1, 0.15) is 13.8 Å². The zero-order valence-electron chi connectivity index (χ0n) is 12.8. The summed E-state index contributed by atoms with van der Waals surface area (Å²) in [7, 11) is -2.84. The number of nitro groups is 2. The van der Waals surface area contributed by atoms with Gasteiger partial charge in [-0.15, -0.1) is 0 Å². The standard InChI is InChI=1S/C12H17N3O7S/c1-8(2)10(7-22-3)13-23(20,21)12-5-4-9(14(16)17)6-11(12)15(18)19/h4-6,8,10,13H,7H2,1-3H3/t10-/m1/s1. The molecule has 0 unspecified atom stereocenters. The largest absolute Gasteiger partial charge is 0.383 e. The minimum absolute atomic E-state index is 0.0810. The van der Waals surface area contributed by atoms with E-state index in [1.807, 2.05) is 0 Å². The molecule has 1 rings (SSSR count). The molecule has 0 aliphatic carbocycles. The molecule has 10 nitrogen and oxygen atoms in total. The fourth-order valence-electron chi connectivity index (χ4n) is 1.79. The Morgan fingerprint density at radius 1 is 1.22 bits per heavy atom. The predicted molar refractivity (Wildman–Crippen MR) is 80.6 cm³/mol. The van der Waals surface area contributed by atoms with Crippen molar-refractivity contribution < 1.29 is 23.0 Å². The maximum absolute atomic E-state index is 12.4. The quantitative estimate of drug-likeness (QED) is 0.554. The lowest BCUT2D eigenvalue weighted by Gasteiger charge is -2.21. The molecule has 0 spiro atoms. The number of hydrogen-bond acceptors (Lipinski definition) is 7. The van der Waals surface area contributed by atoms with Gasteiger partial charge in [0.05, 0.1) is 22.5 Å². The monoisotopic (exact) mass is 347 g/mol. The number of ether oxygens (including phenoxy) is 1. The molecule has 11 heteroatoms. The van der Waals surface area contributed by atoms with E-state index in [0.29, 0.717) is 6.07 Å². The van der Waals surface area contributed by atoms with Crippen LogP contribution >= 0.6 is 0 Å². The van der Waals surface area contributed by atoms with Gasteiger partial charge in [0.2, 0.25) is 10.0 Å². The Bertz CT molecular complexity index is 703. The van der Waals surface area contributed by atoms with Crippen LogP contribution in [0.3, 0.4) is 0 Å². The maximum atomic E-state index is 12.4. The molecule has 1 N–H and O–H groups in total. The van der Waals surface area contributed by atoms with Gasteiger partial charge in [-0.05, 0) is 12.0 Å². The van der Waals surface area contributed by atoms with E-state index in [2.05, 4.69) is 4.72 Å². The molecule has 0 heterocycles. The average molecular weight is 347 g/mol. The van der Waals surface area contributed by atoms with Crippen LogP contribution in [-0.2, 0) is 14.8 Å². The first-order chi connectivity index (χ1) is 10.6. The van der Waals surface area contributed by atoms with Crippen molar-refractivity contribution in [2.75, 3.05) is 13.7 Å². The van der Waals surface area contributed by atoms with E-state index < -0.39 is 42.2 Å². The zero-order valence-corrected chi connectivity index (χ0v) is 13.6. The molecule has 1 aromatic carbocycles. The summed E-state index contributed by atoms with van der Waals surface area (Å²) in [6.45, 7) is 3.60. The lowest BCUT2D eigenvalue weighted by atomic mass is 10.1. The molecular formula is C12H17N3O7S. The van der Waals surface area contributed by atoms with Crippen molar-refractivity contribution in [3.63, 3.8) is 0 Å². The summed E-state index contributed by atoms with van der Waals surface area (Å²) >= 11 is 0. The Hall–Kier alpha value is -2.11. The topological polar surface area (TPSA) is 142 Å². The highest BCUT2D eigenvalue weighted by Crippen LogP contribution is 2.28. The van der Waals surface area contributed by atoms with Crippen LogP contribution < -0.4 is 4.72 Å². The lowest BCUT2D eigenvalue weighted by molar-refractivity contribution is -0.396. The predicted octanol–water partition coefficient (Wildman–Crippen LogP) is 1.45. The third-order valence-corrected chi connectivity index (χ3v) is 4.63. The van der Waals surface area contributed by atoms with Gasteiger partial charge in [-0.3, -0.25) is 20.2 Å². The molecule has 128 valence electrons. The van der Waals surface area contributed by atoms with Crippen molar-refractivity contribution in [3.8, 4) is 0 Å². The SMILES string of the molecule is COC[C@@H](NS(=O)(=O)c1ccc([N+](=O)[O-])cc1[N+](=O)[O-])C(C)C. The first-order valence-corrected chi connectivity index (χ1v) is 8.02. The highest BCUT2D eigenvalue weighted by atomic mass is 32.2. The molecule has 0 aliphatic rings. The Balaban J connectivity index is 3.32. The summed E-state index contributed by atoms with van der Waals surface area (Å²) in [4.78, 5) is 19.3. The van der Waals surface area contributed by atoms with E-state index in [0.717, 1.165) is 12.1 Å². The van der Waals surface area contributed by atoms with E-state index in [-0.39, 0.29) is 12.5 Å².